The molecule has 1 aliphatic heterocycles. The van der Waals surface area contributed by atoms with Crippen LogP contribution in [0, 0.1) is 12.8 Å². The average Bonchev–Trinajstić information content (AvgIpc) is 3.21. The van der Waals surface area contributed by atoms with Gasteiger partial charge in [0.2, 0.25) is 5.91 Å². The van der Waals surface area contributed by atoms with Gasteiger partial charge in [-0.05, 0) is 55.3 Å². The number of rotatable bonds is 5. The van der Waals surface area contributed by atoms with Gasteiger partial charge in [0.05, 0.1) is 13.2 Å². The molecule has 152 valence electrons. The molecule has 1 amide bonds. The van der Waals surface area contributed by atoms with E-state index < -0.39 is 0 Å². The van der Waals surface area contributed by atoms with Crippen molar-refractivity contribution in [2.24, 2.45) is 5.92 Å². The van der Waals surface area contributed by atoms with Crippen LogP contribution in [-0.4, -0.2) is 51.4 Å². The lowest BCUT2D eigenvalue weighted by Crippen LogP contribution is -2.41. The van der Waals surface area contributed by atoms with Crippen molar-refractivity contribution in [3.8, 4) is 5.75 Å². The van der Waals surface area contributed by atoms with E-state index in [1.807, 2.05) is 38.1 Å². The molecule has 0 aliphatic carbocycles. The predicted molar refractivity (Wildman–Crippen MR) is 108 cm³/mol. The summed E-state index contributed by atoms with van der Waals surface area (Å²) in [6.07, 6.45) is 1.55. The highest BCUT2D eigenvalue weighted by Crippen LogP contribution is 2.27. The van der Waals surface area contributed by atoms with Crippen molar-refractivity contribution in [3.63, 3.8) is 0 Å². The molecule has 0 bridgehead atoms. The molecule has 3 heterocycles. The summed E-state index contributed by atoms with van der Waals surface area (Å²) >= 11 is 0. The number of ether oxygens (including phenoxy) is 1. The molecular weight excluding hydrogens is 370 g/mol. The molecule has 0 unspecified atom stereocenters. The number of carbonyl (C=O) groups is 1. The Kier molecular flexibility index (Phi) is 5.28. The topological polar surface area (TPSA) is 97.5 Å². The number of aryl methyl sites for hydroxylation is 1. The van der Waals surface area contributed by atoms with E-state index in [0.717, 1.165) is 48.6 Å². The smallest absolute Gasteiger partial charge is 0.223 e. The lowest BCUT2D eigenvalue weighted by molar-refractivity contribution is -0.126. The molecule has 9 nitrogen and oxygen atoms in total. The molecule has 1 N–H and O–H groups in total. The zero-order chi connectivity index (χ0) is 20.4. The standard InChI is InChI=1S/C20H25N7O2/c1-13-4-5-17(29-3)16(12-13)14(2)21-20(28)15-8-10-26(11-9-15)19-7-6-18-22-24-25-27(18)23-19/h4-7,12,14-15H,8-11H2,1-3H3,(H,21,28)/t14-/m1/s1. The fraction of sp³-hybridized carbons (Fsp3) is 0.450. The van der Waals surface area contributed by atoms with Crippen LogP contribution in [0.5, 0.6) is 5.75 Å². The van der Waals surface area contributed by atoms with Gasteiger partial charge in [-0.2, -0.15) is 0 Å². The number of nitrogens with zero attached hydrogens (tertiary/aromatic N) is 6. The molecule has 0 saturated carbocycles. The quantitative estimate of drug-likeness (QED) is 0.705. The van der Waals surface area contributed by atoms with E-state index in [4.69, 9.17) is 4.74 Å². The molecule has 1 aromatic carbocycles. The van der Waals surface area contributed by atoms with Crippen LogP contribution in [0.1, 0.15) is 36.9 Å². The normalized spacial score (nSPS) is 16.0. The van der Waals surface area contributed by atoms with Gasteiger partial charge in [0.25, 0.3) is 0 Å². The minimum atomic E-state index is -0.112. The first-order valence-electron chi connectivity index (χ1n) is 9.80. The third-order valence-corrected chi connectivity index (χ3v) is 5.46. The summed E-state index contributed by atoms with van der Waals surface area (Å²) in [6, 6.07) is 9.66. The Labute approximate surface area is 169 Å². The molecule has 29 heavy (non-hydrogen) atoms. The van der Waals surface area contributed by atoms with Gasteiger partial charge in [-0.25, -0.2) is 0 Å². The Balaban J connectivity index is 1.37. The highest BCUT2D eigenvalue weighted by molar-refractivity contribution is 5.79. The van der Waals surface area contributed by atoms with Gasteiger partial charge < -0.3 is 15.0 Å². The van der Waals surface area contributed by atoms with Gasteiger partial charge in [0.15, 0.2) is 11.5 Å². The molecule has 0 spiro atoms. The number of anilines is 1. The lowest BCUT2D eigenvalue weighted by atomic mass is 9.95. The first-order valence-corrected chi connectivity index (χ1v) is 9.80. The van der Waals surface area contributed by atoms with Crippen molar-refractivity contribution in [1.29, 1.82) is 0 Å². The Morgan fingerprint density at radius 3 is 2.79 bits per heavy atom. The van der Waals surface area contributed by atoms with Gasteiger partial charge in [-0.15, -0.1) is 14.8 Å². The zero-order valence-electron chi connectivity index (χ0n) is 16.9. The number of methoxy groups -OCH3 is 1. The SMILES string of the molecule is COc1ccc(C)cc1[C@@H](C)NC(=O)C1CCN(c2ccc3nnnn3n2)CC1. The fourth-order valence-electron chi connectivity index (χ4n) is 3.78. The number of benzene rings is 1. The second-order valence-electron chi connectivity index (χ2n) is 7.46. The van der Waals surface area contributed by atoms with E-state index in [0.29, 0.717) is 5.65 Å². The largest absolute Gasteiger partial charge is 0.496 e. The summed E-state index contributed by atoms with van der Waals surface area (Å²) in [6.45, 7) is 5.56. The van der Waals surface area contributed by atoms with Crippen molar-refractivity contribution in [2.45, 2.75) is 32.7 Å². The summed E-state index contributed by atoms with van der Waals surface area (Å²) in [5.41, 5.74) is 2.75. The maximum absolute atomic E-state index is 12.8. The Bertz CT molecular complexity index is 1010. The third-order valence-electron chi connectivity index (χ3n) is 5.46. The number of carbonyl (C=O) groups excluding carboxylic acids is 1. The van der Waals surface area contributed by atoms with Crippen molar-refractivity contribution >= 4 is 17.4 Å². The van der Waals surface area contributed by atoms with Crippen LogP contribution in [0.25, 0.3) is 5.65 Å². The number of aromatic nitrogens is 5. The molecule has 1 aliphatic rings. The molecule has 4 rings (SSSR count). The van der Waals surface area contributed by atoms with Gasteiger partial charge in [0.1, 0.15) is 5.75 Å². The Hall–Kier alpha value is -3.23. The first kappa shape index (κ1) is 19.1. The zero-order valence-corrected chi connectivity index (χ0v) is 16.9. The van der Waals surface area contributed by atoms with E-state index in [2.05, 4.69) is 36.9 Å². The van der Waals surface area contributed by atoms with E-state index in [-0.39, 0.29) is 17.9 Å². The van der Waals surface area contributed by atoms with Crippen molar-refractivity contribution in [1.82, 2.24) is 30.6 Å². The van der Waals surface area contributed by atoms with Gasteiger partial charge in [0, 0.05) is 24.6 Å². The summed E-state index contributed by atoms with van der Waals surface area (Å²) < 4.78 is 6.88. The Morgan fingerprint density at radius 2 is 2.03 bits per heavy atom. The monoisotopic (exact) mass is 395 g/mol. The van der Waals surface area contributed by atoms with Crippen LogP contribution in [-0.2, 0) is 4.79 Å². The number of amides is 1. The number of nitrogens with one attached hydrogen (secondary N) is 1. The van der Waals surface area contributed by atoms with Crippen LogP contribution in [0.2, 0.25) is 0 Å². The number of fused-ring (bicyclic) bond motifs is 1. The van der Waals surface area contributed by atoms with Crippen LogP contribution in [0.3, 0.4) is 0 Å². The maximum atomic E-state index is 12.8. The van der Waals surface area contributed by atoms with Gasteiger partial charge in [-0.1, -0.05) is 17.7 Å². The number of tetrazole rings is 1. The van der Waals surface area contributed by atoms with E-state index in [9.17, 15) is 4.79 Å². The van der Waals surface area contributed by atoms with Crippen molar-refractivity contribution < 1.29 is 9.53 Å². The first-order chi connectivity index (χ1) is 14.0. The molecule has 1 fully saturated rings. The maximum Gasteiger partial charge on any atom is 0.223 e. The van der Waals surface area contributed by atoms with Crippen LogP contribution in [0.4, 0.5) is 5.82 Å². The summed E-state index contributed by atoms with van der Waals surface area (Å²) in [5, 5.41) is 18.9. The van der Waals surface area contributed by atoms with Crippen molar-refractivity contribution in [3.05, 3.63) is 41.5 Å². The van der Waals surface area contributed by atoms with Crippen LogP contribution in [0.15, 0.2) is 30.3 Å². The summed E-state index contributed by atoms with van der Waals surface area (Å²) in [7, 11) is 1.65. The number of hydrogen-bond acceptors (Lipinski definition) is 7. The highest BCUT2D eigenvalue weighted by atomic mass is 16.5. The van der Waals surface area contributed by atoms with Gasteiger partial charge >= 0.3 is 0 Å². The summed E-state index contributed by atoms with van der Waals surface area (Å²) in [5.74, 6) is 1.69. The lowest BCUT2D eigenvalue weighted by Gasteiger charge is -2.32. The van der Waals surface area contributed by atoms with E-state index >= 15 is 0 Å². The number of hydrogen-bond donors (Lipinski definition) is 1. The Morgan fingerprint density at radius 1 is 1.24 bits per heavy atom. The third kappa shape index (κ3) is 3.98. The molecule has 1 atom stereocenters. The van der Waals surface area contributed by atoms with Gasteiger partial charge in [-0.3, -0.25) is 4.79 Å². The highest BCUT2D eigenvalue weighted by Gasteiger charge is 2.27. The van der Waals surface area contributed by atoms with Crippen molar-refractivity contribution in [2.75, 3.05) is 25.1 Å². The molecule has 9 heteroatoms. The summed E-state index contributed by atoms with van der Waals surface area (Å²) in [4.78, 5) is 15.0. The van der Waals surface area contributed by atoms with E-state index in [1.54, 1.807) is 7.11 Å². The number of piperidine rings is 1. The molecule has 3 aromatic rings. The minimum absolute atomic E-state index is 0.0127. The van der Waals surface area contributed by atoms with Crippen LogP contribution < -0.4 is 15.0 Å². The van der Waals surface area contributed by atoms with E-state index in [1.165, 1.54) is 4.63 Å². The second-order valence-corrected chi connectivity index (χ2v) is 7.46. The van der Waals surface area contributed by atoms with Crippen LogP contribution >= 0.6 is 0 Å². The average molecular weight is 395 g/mol. The molecule has 2 aromatic heterocycles. The minimum Gasteiger partial charge on any atom is -0.496 e. The predicted octanol–water partition coefficient (Wildman–Crippen LogP) is 1.93. The molecule has 0 radical (unpaired) electrons. The molecule has 1 saturated heterocycles. The fourth-order valence-corrected chi connectivity index (χ4v) is 3.78. The molecular formula is C20H25N7O2. The second kappa shape index (κ2) is 8.02.